The molecule has 0 aliphatic heterocycles. The van der Waals surface area contributed by atoms with Gasteiger partial charge in [-0.15, -0.1) is 0 Å². The van der Waals surface area contributed by atoms with E-state index in [1.54, 1.807) is 12.1 Å². The lowest BCUT2D eigenvalue weighted by molar-refractivity contribution is -0.156. The molecule has 164 valence electrons. The molecule has 0 saturated carbocycles. The minimum atomic E-state index is -0.794. The van der Waals surface area contributed by atoms with Gasteiger partial charge in [0.25, 0.3) is 0 Å². The maximum atomic E-state index is 13.1. The minimum Gasteiger partial charge on any atom is -0.458 e. The van der Waals surface area contributed by atoms with Crippen LogP contribution in [0.3, 0.4) is 0 Å². The predicted molar refractivity (Wildman–Crippen MR) is 128 cm³/mol. The zero-order chi connectivity index (χ0) is 23.0. The zero-order valence-corrected chi connectivity index (χ0v) is 18.8. The second kappa shape index (κ2) is 10.7. The Kier molecular flexibility index (Phi) is 7.72. The van der Waals surface area contributed by atoms with Crippen LogP contribution in [0.25, 0.3) is 0 Å². The fraction of sp³-hybridized carbons (Fsp3) is 0.250. The third kappa shape index (κ3) is 6.74. The SMILES string of the molecule is CC(C)(C)OC(=O)[C@@H](CCC(=O)c1ccccc1)N=C(c1ccccc1)c1ccccc1. The fourth-order valence-electron chi connectivity index (χ4n) is 3.30. The Morgan fingerprint density at radius 1 is 0.750 bits per heavy atom. The van der Waals surface area contributed by atoms with Gasteiger partial charge in [-0.3, -0.25) is 9.79 Å². The Balaban J connectivity index is 1.95. The predicted octanol–water partition coefficient (Wildman–Crippen LogP) is 5.90. The molecule has 0 N–H and O–H groups in total. The van der Waals surface area contributed by atoms with E-state index in [2.05, 4.69) is 0 Å². The highest BCUT2D eigenvalue weighted by Crippen LogP contribution is 2.18. The van der Waals surface area contributed by atoms with Crippen LogP contribution < -0.4 is 0 Å². The van der Waals surface area contributed by atoms with E-state index in [4.69, 9.17) is 9.73 Å². The highest BCUT2D eigenvalue weighted by molar-refractivity contribution is 6.13. The molecular formula is C28H29NO3. The summed E-state index contributed by atoms with van der Waals surface area (Å²) in [7, 11) is 0. The molecule has 1 atom stereocenters. The van der Waals surface area contributed by atoms with E-state index in [0.29, 0.717) is 11.3 Å². The zero-order valence-electron chi connectivity index (χ0n) is 18.8. The average Bonchev–Trinajstić information content (AvgIpc) is 2.79. The third-order valence-electron chi connectivity index (χ3n) is 4.80. The number of hydrogen-bond acceptors (Lipinski definition) is 4. The number of benzene rings is 3. The highest BCUT2D eigenvalue weighted by atomic mass is 16.6. The molecule has 3 aromatic rings. The number of nitrogens with zero attached hydrogens (tertiary/aromatic N) is 1. The molecule has 0 radical (unpaired) electrons. The van der Waals surface area contributed by atoms with Gasteiger partial charge in [-0.05, 0) is 27.2 Å². The van der Waals surface area contributed by atoms with Crippen LogP contribution in [0.5, 0.6) is 0 Å². The minimum absolute atomic E-state index is 0.0182. The summed E-state index contributed by atoms with van der Waals surface area (Å²) >= 11 is 0. The van der Waals surface area contributed by atoms with Gasteiger partial charge in [0.15, 0.2) is 5.78 Å². The number of ether oxygens (including phenoxy) is 1. The summed E-state index contributed by atoms with van der Waals surface area (Å²) in [6.07, 6.45) is 0.472. The van der Waals surface area contributed by atoms with Crippen molar-refractivity contribution in [2.24, 2.45) is 4.99 Å². The summed E-state index contributed by atoms with van der Waals surface area (Å²) in [6.45, 7) is 5.49. The number of esters is 1. The van der Waals surface area contributed by atoms with Crippen LogP contribution in [0.2, 0.25) is 0 Å². The van der Waals surface area contributed by atoms with Crippen LogP contribution >= 0.6 is 0 Å². The van der Waals surface area contributed by atoms with Crippen molar-refractivity contribution in [1.29, 1.82) is 0 Å². The molecule has 0 amide bonds. The van der Waals surface area contributed by atoms with Crippen LogP contribution in [0, 0.1) is 0 Å². The molecule has 0 heterocycles. The molecule has 0 spiro atoms. The first-order valence-electron chi connectivity index (χ1n) is 10.8. The van der Waals surface area contributed by atoms with Gasteiger partial charge in [0.1, 0.15) is 11.6 Å². The molecule has 3 aromatic carbocycles. The molecule has 0 fully saturated rings. The number of Topliss-reactive ketones (excluding diaryl/α,β-unsaturated/α-hetero) is 1. The standard InChI is InChI=1S/C28H29NO3/c1-28(2,3)32-27(31)24(19-20-25(30)21-13-7-4-8-14-21)29-26(22-15-9-5-10-16-22)23-17-11-6-12-18-23/h4-18,24H,19-20H2,1-3H3/t24-/m1/s1. The summed E-state index contributed by atoms with van der Waals surface area (Å²) in [5.74, 6) is -0.446. The first-order chi connectivity index (χ1) is 15.3. The van der Waals surface area contributed by atoms with Gasteiger partial charge in [-0.25, -0.2) is 4.79 Å². The van der Waals surface area contributed by atoms with Crippen molar-refractivity contribution in [3.05, 3.63) is 108 Å². The molecule has 0 unspecified atom stereocenters. The van der Waals surface area contributed by atoms with Crippen LogP contribution in [0.15, 0.2) is 96.0 Å². The summed E-state index contributed by atoms with van der Waals surface area (Å²) < 4.78 is 5.65. The van der Waals surface area contributed by atoms with E-state index >= 15 is 0 Å². The Bertz CT molecular complexity index is 1010. The second-order valence-electron chi connectivity index (χ2n) is 8.59. The Morgan fingerprint density at radius 3 is 1.62 bits per heavy atom. The summed E-state index contributed by atoms with van der Waals surface area (Å²) in [5.41, 5.74) is 2.50. The van der Waals surface area contributed by atoms with E-state index in [0.717, 1.165) is 11.1 Å². The average molecular weight is 428 g/mol. The molecular weight excluding hydrogens is 398 g/mol. The maximum Gasteiger partial charge on any atom is 0.331 e. The lowest BCUT2D eigenvalue weighted by Crippen LogP contribution is -2.32. The quantitative estimate of drug-likeness (QED) is 0.256. The summed E-state index contributed by atoms with van der Waals surface area (Å²) in [4.78, 5) is 30.6. The first kappa shape index (κ1) is 23.1. The molecule has 0 aromatic heterocycles. The number of carbonyl (C=O) groups is 2. The molecule has 0 saturated heterocycles. The lowest BCUT2D eigenvalue weighted by Gasteiger charge is -2.23. The Labute approximate surface area is 190 Å². The molecule has 0 aliphatic rings. The number of hydrogen-bond donors (Lipinski definition) is 0. The number of carbonyl (C=O) groups excluding carboxylic acids is 2. The van der Waals surface area contributed by atoms with Gasteiger partial charge in [0.05, 0.1) is 5.71 Å². The Hall–Kier alpha value is -3.53. The van der Waals surface area contributed by atoms with E-state index in [1.165, 1.54) is 0 Å². The van der Waals surface area contributed by atoms with Gasteiger partial charge in [-0.2, -0.15) is 0 Å². The van der Waals surface area contributed by atoms with Gasteiger partial charge < -0.3 is 4.74 Å². The van der Waals surface area contributed by atoms with Gasteiger partial charge in [0, 0.05) is 23.1 Å². The molecule has 4 nitrogen and oxygen atoms in total. The van der Waals surface area contributed by atoms with E-state index in [1.807, 2.05) is 99.6 Å². The lowest BCUT2D eigenvalue weighted by atomic mass is 10.00. The Morgan fingerprint density at radius 2 is 1.19 bits per heavy atom. The molecule has 3 rings (SSSR count). The van der Waals surface area contributed by atoms with Crippen molar-refractivity contribution < 1.29 is 14.3 Å². The summed E-state index contributed by atoms with van der Waals surface area (Å²) in [5, 5.41) is 0. The van der Waals surface area contributed by atoms with Gasteiger partial charge >= 0.3 is 5.97 Å². The normalized spacial score (nSPS) is 12.0. The topological polar surface area (TPSA) is 55.7 Å². The molecule has 4 heteroatoms. The number of ketones is 1. The van der Waals surface area contributed by atoms with Crippen molar-refractivity contribution in [3.8, 4) is 0 Å². The van der Waals surface area contributed by atoms with Gasteiger partial charge in [-0.1, -0.05) is 91.0 Å². The smallest absolute Gasteiger partial charge is 0.331 e. The number of aliphatic imine (C=N–C) groups is 1. The maximum absolute atomic E-state index is 13.1. The van der Waals surface area contributed by atoms with Crippen LogP contribution in [-0.2, 0) is 9.53 Å². The molecule has 0 aliphatic carbocycles. The second-order valence-corrected chi connectivity index (χ2v) is 8.59. The van der Waals surface area contributed by atoms with Crippen molar-refractivity contribution in [1.82, 2.24) is 0 Å². The van der Waals surface area contributed by atoms with Crippen LogP contribution in [0.1, 0.15) is 55.1 Å². The van der Waals surface area contributed by atoms with E-state index < -0.39 is 17.6 Å². The van der Waals surface area contributed by atoms with E-state index in [-0.39, 0.29) is 18.6 Å². The van der Waals surface area contributed by atoms with Crippen molar-refractivity contribution in [2.45, 2.75) is 45.3 Å². The monoisotopic (exact) mass is 427 g/mol. The molecule has 32 heavy (non-hydrogen) atoms. The van der Waals surface area contributed by atoms with Crippen molar-refractivity contribution in [3.63, 3.8) is 0 Å². The highest BCUT2D eigenvalue weighted by Gasteiger charge is 2.26. The first-order valence-corrected chi connectivity index (χ1v) is 10.8. The largest absolute Gasteiger partial charge is 0.458 e. The van der Waals surface area contributed by atoms with Gasteiger partial charge in [0.2, 0.25) is 0 Å². The van der Waals surface area contributed by atoms with Crippen molar-refractivity contribution >= 4 is 17.5 Å². The number of rotatable bonds is 8. The third-order valence-corrected chi connectivity index (χ3v) is 4.80. The van der Waals surface area contributed by atoms with E-state index in [9.17, 15) is 9.59 Å². The van der Waals surface area contributed by atoms with Crippen LogP contribution in [0.4, 0.5) is 0 Å². The van der Waals surface area contributed by atoms with Crippen molar-refractivity contribution in [2.75, 3.05) is 0 Å². The molecule has 0 bridgehead atoms. The summed E-state index contributed by atoms with van der Waals surface area (Å²) in [6, 6.07) is 27.8. The van der Waals surface area contributed by atoms with Crippen LogP contribution in [-0.4, -0.2) is 29.1 Å². The fourth-order valence-corrected chi connectivity index (χ4v) is 3.30.